The fraction of sp³-hybridized carbons (Fsp3) is 0.625. The Bertz CT molecular complexity index is 395. The van der Waals surface area contributed by atoms with Crippen molar-refractivity contribution in [2.24, 2.45) is 0 Å². The van der Waals surface area contributed by atoms with Crippen LogP contribution < -0.4 is 5.32 Å². The van der Waals surface area contributed by atoms with Crippen LogP contribution >= 0.6 is 0 Å². The fourth-order valence-electron chi connectivity index (χ4n) is 3.44. The Morgan fingerprint density at radius 2 is 2.16 bits per heavy atom. The molecule has 3 heteroatoms. The monoisotopic (exact) mass is 260 g/mol. The zero-order valence-electron chi connectivity index (χ0n) is 11.7. The molecule has 1 saturated carbocycles. The lowest BCUT2D eigenvalue weighted by atomic mass is 10.1. The summed E-state index contributed by atoms with van der Waals surface area (Å²) in [4.78, 5) is 2.65. The van der Waals surface area contributed by atoms with Gasteiger partial charge in [0.25, 0.3) is 0 Å². The topological polar surface area (TPSA) is 24.5 Å². The molecule has 0 spiro atoms. The predicted octanol–water partition coefficient (Wildman–Crippen LogP) is 2.74. The Morgan fingerprint density at radius 3 is 3.00 bits per heavy atom. The van der Waals surface area contributed by atoms with E-state index in [0.29, 0.717) is 18.2 Å². The Balaban J connectivity index is 1.56. The number of ether oxygens (including phenoxy) is 1. The van der Waals surface area contributed by atoms with Gasteiger partial charge in [-0.15, -0.1) is 0 Å². The van der Waals surface area contributed by atoms with Crippen LogP contribution in [0.1, 0.15) is 26.2 Å². The van der Waals surface area contributed by atoms with Gasteiger partial charge in [-0.05, 0) is 38.3 Å². The Morgan fingerprint density at radius 1 is 1.32 bits per heavy atom. The SMILES string of the molecule is CC(CNc1ccccc1)N1CCOC2CCCC21. The summed E-state index contributed by atoms with van der Waals surface area (Å²) in [6.45, 7) is 5.32. The maximum absolute atomic E-state index is 5.88. The van der Waals surface area contributed by atoms with Gasteiger partial charge in [0.15, 0.2) is 0 Å². The Labute approximate surface area is 115 Å². The quantitative estimate of drug-likeness (QED) is 0.901. The van der Waals surface area contributed by atoms with Crippen LogP contribution in [0.15, 0.2) is 30.3 Å². The van der Waals surface area contributed by atoms with Gasteiger partial charge < -0.3 is 10.1 Å². The van der Waals surface area contributed by atoms with Gasteiger partial charge in [0.1, 0.15) is 0 Å². The van der Waals surface area contributed by atoms with Gasteiger partial charge in [0.2, 0.25) is 0 Å². The number of nitrogens with zero attached hydrogens (tertiary/aromatic N) is 1. The summed E-state index contributed by atoms with van der Waals surface area (Å²) < 4.78 is 5.88. The zero-order chi connectivity index (χ0) is 13.1. The van der Waals surface area contributed by atoms with Crippen molar-refractivity contribution < 1.29 is 4.74 Å². The van der Waals surface area contributed by atoms with Crippen molar-refractivity contribution in [3.63, 3.8) is 0 Å². The molecule has 2 fully saturated rings. The third-order valence-electron chi connectivity index (χ3n) is 4.47. The minimum Gasteiger partial charge on any atom is -0.383 e. The van der Waals surface area contributed by atoms with Gasteiger partial charge in [-0.3, -0.25) is 4.90 Å². The molecule has 1 heterocycles. The van der Waals surface area contributed by atoms with Crippen LogP contribution in [-0.2, 0) is 4.74 Å². The number of para-hydroxylation sites is 1. The van der Waals surface area contributed by atoms with E-state index in [9.17, 15) is 0 Å². The molecule has 3 nitrogen and oxygen atoms in total. The summed E-state index contributed by atoms with van der Waals surface area (Å²) in [5.74, 6) is 0. The van der Waals surface area contributed by atoms with Crippen LogP contribution in [0.3, 0.4) is 0 Å². The molecule has 3 unspecified atom stereocenters. The van der Waals surface area contributed by atoms with E-state index >= 15 is 0 Å². The molecule has 0 amide bonds. The van der Waals surface area contributed by atoms with Crippen molar-refractivity contribution in [3.8, 4) is 0 Å². The van der Waals surface area contributed by atoms with Crippen LogP contribution in [0.5, 0.6) is 0 Å². The van der Waals surface area contributed by atoms with E-state index in [1.807, 2.05) is 0 Å². The third-order valence-corrected chi connectivity index (χ3v) is 4.47. The van der Waals surface area contributed by atoms with Gasteiger partial charge >= 0.3 is 0 Å². The van der Waals surface area contributed by atoms with Crippen LogP contribution in [-0.4, -0.2) is 42.8 Å². The molecule has 3 atom stereocenters. The summed E-state index contributed by atoms with van der Waals surface area (Å²) in [5.41, 5.74) is 1.21. The number of nitrogens with one attached hydrogen (secondary N) is 1. The molecule has 2 aliphatic rings. The number of benzene rings is 1. The van der Waals surface area contributed by atoms with E-state index in [4.69, 9.17) is 4.74 Å². The summed E-state index contributed by atoms with van der Waals surface area (Å²) in [7, 11) is 0. The molecule has 1 aromatic carbocycles. The molecule has 1 aromatic rings. The van der Waals surface area contributed by atoms with Crippen LogP contribution in [0.2, 0.25) is 0 Å². The third kappa shape index (κ3) is 2.93. The molecule has 1 aliphatic heterocycles. The lowest BCUT2D eigenvalue weighted by Crippen LogP contribution is -2.53. The smallest absolute Gasteiger partial charge is 0.0731 e. The van der Waals surface area contributed by atoms with Crippen molar-refractivity contribution >= 4 is 5.69 Å². The molecule has 1 aliphatic carbocycles. The Hall–Kier alpha value is -1.06. The molecule has 1 saturated heterocycles. The average molecular weight is 260 g/mol. The van der Waals surface area contributed by atoms with Gasteiger partial charge in [-0.25, -0.2) is 0 Å². The number of morpholine rings is 1. The highest BCUT2D eigenvalue weighted by Crippen LogP contribution is 2.30. The molecule has 0 radical (unpaired) electrons. The lowest BCUT2D eigenvalue weighted by Gasteiger charge is -2.41. The standard InChI is InChI=1S/C16H24N2O/c1-13(12-17-14-6-3-2-4-7-14)18-10-11-19-16-9-5-8-15(16)18/h2-4,6-7,13,15-17H,5,8-12H2,1H3. The molecule has 1 N–H and O–H groups in total. The predicted molar refractivity (Wildman–Crippen MR) is 78.5 cm³/mol. The molecule has 3 rings (SSSR count). The van der Waals surface area contributed by atoms with E-state index in [1.165, 1.54) is 24.9 Å². The van der Waals surface area contributed by atoms with Gasteiger partial charge in [0.05, 0.1) is 12.7 Å². The van der Waals surface area contributed by atoms with Crippen LogP contribution in [0.25, 0.3) is 0 Å². The molecular formula is C16H24N2O. The summed E-state index contributed by atoms with van der Waals surface area (Å²) in [5, 5.41) is 3.54. The van der Waals surface area contributed by atoms with Crippen LogP contribution in [0, 0.1) is 0 Å². The van der Waals surface area contributed by atoms with Crippen LogP contribution in [0.4, 0.5) is 5.69 Å². The number of anilines is 1. The van der Waals surface area contributed by atoms with E-state index in [2.05, 4.69) is 47.5 Å². The molecular weight excluding hydrogens is 236 g/mol. The van der Waals surface area contributed by atoms with Crippen molar-refractivity contribution in [2.45, 2.75) is 44.4 Å². The van der Waals surface area contributed by atoms with E-state index < -0.39 is 0 Å². The van der Waals surface area contributed by atoms with Crippen molar-refractivity contribution in [1.82, 2.24) is 4.90 Å². The van der Waals surface area contributed by atoms with Gasteiger partial charge in [0, 0.05) is 30.9 Å². The first-order valence-electron chi connectivity index (χ1n) is 7.51. The first-order valence-corrected chi connectivity index (χ1v) is 7.51. The highest BCUT2D eigenvalue weighted by Gasteiger charge is 2.37. The maximum atomic E-state index is 5.88. The zero-order valence-corrected chi connectivity index (χ0v) is 11.7. The highest BCUT2D eigenvalue weighted by molar-refractivity contribution is 5.42. The molecule has 0 bridgehead atoms. The van der Waals surface area contributed by atoms with Crippen molar-refractivity contribution in [1.29, 1.82) is 0 Å². The molecule has 104 valence electrons. The average Bonchev–Trinajstić information content (AvgIpc) is 2.94. The second-order valence-electron chi connectivity index (χ2n) is 5.74. The summed E-state index contributed by atoms with van der Waals surface area (Å²) >= 11 is 0. The number of rotatable bonds is 4. The molecule has 0 aromatic heterocycles. The summed E-state index contributed by atoms with van der Waals surface area (Å²) in [6, 6.07) is 11.7. The normalized spacial score (nSPS) is 28.9. The van der Waals surface area contributed by atoms with E-state index in [1.54, 1.807) is 0 Å². The van der Waals surface area contributed by atoms with Crippen molar-refractivity contribution in [3.05, 3.63) is 30.3 Å². The second kappa shape index (κ2) is 5.93. The maximum Gasteiger partial charge on any atom is 0.0731 e. The molecule has 19 heavy (non-hydrogen) atoms. The van der Waals surface area contributed by atoms with Gasteiger partial charge in [-0.1, -0.05) is 18.2 Å². The number of hydrogen-bond acceptors (Lipinski definition) is 3. The van der Waals surface area contributed by atoms with Crippen molar-refractivity contribution in [2.75, 3.05) is 25.0 Å². The highest BCUT2D eigenvalue weighted by atomic mass is 16.5. The minimum atomic E-state index is 0.493. The van der Waals surface area contributed by atoms with E-state index in [0.717, 1.165) is 19.7 Å². The second-order valence-corrected chi connectivity index (χ2v) is 5.74. The lowest BCUT2D eigenvalue weighted by molar-refractivity contribution is -0.0672. The Kier molecular flexibility index (Phi) is 4.04. The first-order chi connectivity index (χ1) is 9.34. The number of fused-ring (bicyclic) bond motifs is 1. The number of hydrogen-bond donors (Lipinski definition) is 1. The fourth-order valence-corrected chi connectivity index (χ4v) is 3.44. The van der Waals surface area contributed by atoms with Gasteiger partial charge in [-0.2, -0.15) is 0 Å². The largest absolute Gasteiger partial charge is 0.383 e. The first kappa shape index (κ1) is 12.9. The summed E-state index contributed by atoms with van der Waals surface area (Å²) in [6.07, 6.45) is 4.37. The van der Waals surface area contributed by atoms with E-state index in [-0.39, 0.29) is 0 Å². The minimum absolute atomic E-state index is 0.493.